The van der Waals surface area contributed by atoms with E-state index in [1.165, 1.54) is 0 Å². The molecule has 1 nitrogen and oxygen atoms in total. The Bertz CT molecular complexity index is 436. The van der Waals surface area contributed by atoms with Crippen molar-refractivity contribution in [1.29, 1.82) is 0 Å². The van der Waals surface area contributed by atoms with Gasteiger partial charge in [0.15, 0.2) is 0 Å². The van der Waals surface area contributed by atoms with Crippen molar-refractivity contribution < 1.29 is 4.57 Å². The van der Waals surface area contributed by atoms with Crippen molar-refractivity contribution >= 4 is 24.0 Å². The minimum absolute atomic E-state index is 0.649. The van der Waals surface area contributed by atoms with Crippen molar-refractivity contribution in [3.8, 4) is 0 Å². The highest BCUT2D eigenvalue weighted by Gasteiger charge is 2.29. The fraction of sp³-hybridized carbons (Fsp3) is 0.333. The summed E-state index contributed by atoms with van der Waals surface area (Å²) in [5, 5.41) is 1.89. The maximum absolute atomic E-state index is 12.7. The molecule has 0 amide bonds. The molecule has 80 valence electrons. The smallest absolute Gasteiger partial charge is 0.119 e. The summed E-state index contributed by atoms with van der Waals surface area (Å²) in [7, 11) is -2.20. The van der Waals surface area contributed by atoms with Gasteiger partial charge in [0.2, 0.25) is 0 Å². The molecular formula is C12H14ClOP. The third-order valence-corrected chi connectivity index (χ3v) is 6.56. The van der Waals surface area contributed by atoms with Gasteiger partial charge in [-0.2, -0.15) is 0 Å². The maximum atomic E-state index is 12.7. The number of benzene rings is 1. The van der Waals surface area contributed by atoms with E-state index in [4.69, 9.17) is 11.6 Å². The van der Waals surface area contributed by atoms with Crippen LogP contribution in [0.15, 0.2) is 40.9 Å². The van der Waals surface area contributed by atoms with Crippen LogP contribution in [0, 0.1) is 0 Å². The minimum atomic E-state index is -2.20. The van der Waals surface area contributed by atoms with Crippen molar-refractivity contribution in [1.82, 2.24) is 0 Å². The van der Waals surface area contributed by atoms with Crippen molar-refractivity contribution in [2.45, 2.75) is 13.3 Å². The van der Waals surface area contributed by atoms with Crippen LogP contribution in [-0.4, -0.2) is 12.3 Å². The van der Waals surface area contributed by atoms with Crippen LogP contribution in [0.3, 0.4) is 0 Å². The molecule has 2 rings (SSSR count). The standard InChI is InChI=1S/C12H14ClOP/c1-10-9-15(14,8-7-12(10)13)11-5-3-2-4-6-11/h2-6H,7-9H2,1H3/t15-/m0/s1. The van der Waals surface area contributed by atoms with Gasteiger partial charge in [0.05, 0.1) is 0 Å². The van der Waals surface area contributed by atoms with Crippen molar-refractivity contribution in [2.75, 3.05) is 12.3 Å². The number of halogens is 1. The molecule has 1 aromatic rings. The predicted molar refractivity (Wildman–Crippen MR) is 66.6 cm³/mol. The van der Waals surface area contributed by atoms with E-state index in [1.807, 2.05) is 37.3 Å². The molecule has 0 aromatic heterocycles. The quantitative estimate of drug-likeness (QED) is 0.686. The van der Waals surface area contributed by atoms with Crippen LogP contribution in [0.1, 0.15) is 13.3 Å². The molecular weight excluding hydrogens is 227 g/mol. The summed E-state index contributed by atoms with van der Waals surface area (Å²) >= 11 is 6.04. The summed E-state index contributed by atoms with van der Waals surface area (Å²) in [6.07, 6.45) is 2.13. The molecule has 1 aromatic carbocycles. The van der Waals surface area contributed by atoms with E-state index in [2.05, 4.69) is 0 Å². The lowest BCUT2D eigenvalue weighted by atomic mass is 10.3. The van der Waals surface area contributed by atoms with Gasteiger partial charge in [-0.25, -0.2) is 0 Å². The zero-order chi connectivity index (χ0) is 10.9. The topological polar surface area (TPSA) is 17.1 Å². The van der Waals surface area contributed by atoms with Crippen LogP contribution in [0.25, 0.3) is 0 Å². The van der Waals surface area contributed by atoms with Crippen molar-refractivity contribution in [2.24, 2.45) is 0 Å². The maximum Gasteiger partial charge on any atom is 0.119 e. The van der Waals surface area contributed by atoms with Gasteiger partial charge in [0.1, 0.15) is 7.14 Å². The van der Waals surface area contributed by atoms with Crippen LogP contribution in [0.2, 0.25) is 0 Å². The average Bonchev–Trinajstić information content (AvgIpc) is 2.26. The molecule has 3 heteroatoms. The molecule has 0 saturated heterocycles. The Kier molecular flexibility index (Phi) is 3.04. The lowest BCUT2D eigenvalue weighted by Crippen LogP contribution is -2.15. The molecule has 0 saturated carbocycles. The van der Waals surface area contributed by atoms with Crippen LogP contribution < -0.4 is 5.30 Å². The zero-order valence-corrected chi connectivity index (χ0v) is 10.4. The van der Waals surface area contributed by atoms with Gasteiger partial charge in [0, 0.05) is 22.7 Å². The molecule has 1 aliphatic heterocycles. The van der Waals surface area contributed by atoms with Crippen LogP contribution in [0.4, 0.5) is 0 Å². The SMILES string of the molecule is CC1=C(Cl)CC[P@@](=O)(c2ccccc2)C1. The Morgan fingerprint density at radius 1 is 1.27 bits per heavy atom. The van der Waals surface area contributed by atoms with E-state index in [0.717, 1.165) is 22.3 Å². The van der Waals surface area contributed by atoms with E-state index in [1.54, 1.807) is 0 Å². The fourth-order valence-corrected chi connectivity index (χ4v) is 5.20. The van der Waals surface area contributed by atoms with E-state index in [-0.39, 0.29) is 0 Å². The molecule has 1 aliphatic rings. The average molecular weight is 241 g/mol. The second-order valence-electron chi connectivity index (χ2n) is 4.04. The van der Waals surface area contributed by atoms with E-state index in [9.17, 15) is 4.57 Å². The molecule has 0 aliphatic carbocycles. The fourth-order valence-electron chi connectivity index (χ4n) is 1.96. The highest BCUT2D eigenvalue weighted by atomic mass is 35.5. The van der Waals surface area contributed by atoms with E-state index < -0.39 is 7.14 Å². The molecule has 0 spiro atoms. The zero-order valence-electron chi connectivity index (χ0n) is 8.74. The Morgan fingerprint density at radius 2 is 1.93 bits per heavy atom. The first kappa shape index (κ1) is 11.0. The Morgan fingerprint density at radius 3 is 2.53 bits per heavy atom. The Labute approximate surface area is 95.5 Å². The van der Waals surface area contributed by atoms with Crippen LogP contribution in [0.5, 0.6) is 0 Å². The van der Waals surface area contributed by atoms with Gasteiger partial charge < -0.3 is 4.57 Å². The van der Waals surface area contributed by atoms with Gasteiger partial charge in [-0.15, -0.1) is 0 Å². The molecule has 0 N–H and O–H groups in total. The molecule has 1 heterocycles. The normalized spacial score (nSPS) is 26.8. The van der Waals surface area contributed by atoms with Crippen LogP contribution in [-0.2, 0) is 4.57 Å². The van der Waals surface area contributed by atoms with E-state index >= 15 is 0 Å². The second-order valence-corrected chi connectivity index (χ2v) is 7.56. The largest absolute Gasteiger partial charge is 0.318 e. The number of rotatable bonds is 1. The van der Waals surface area contributed by atoms with Gasteiger partial charge in [-0.1, -0.05) is 47.5 Å². The Hall–Kier alpha value is -0.520. The predicted octanol–water partition coefficient (Wildman–Crippen LogP) is 3.59. The molecule has 0 fully saturated rings. The monoisotopic (exact) mass is 240 g/mol. The van der Waals surface area contributed by atoms with E-state index in [0.29, 0.717) is 12.3 Å². The molecule has 15 heavy (non-hydrogen) atoms. The first-order valence-corrected chi connectivity index (χ1v) is 7.55. The third-order valence-electron chi connectivity index (χ3n) is 2.87. The van der Waals surface area contributed by atoms with Gasteiger partial charge in [0.25, 0.3) is 0 Å². The first-order chi connectivity index (χ1) is 7.12. The number of hydrogen-bond donors (Lipinski definition) is 0. The summed E-state index contributed by atoms with van der Waals surface area (Å²) in [5.41, 5.74) is 1.09. The highest BCUT2D eigenvalue weighted by molar-refractivity contribution is 7.71. The lowest BCUT2D eigenvalue weighted by Gasteiger charge is -2.24. The molecule has 1 atom stereocenters. The summed E-state index contributed by atoms with van der Waals surface area (Å²) in [4.78, 5) is 0. The summed E-state index contributed by atoms with van der Waals surface area (Å²) < 4.78 is 12.7. The van der Waals surface area contributed by atoms with Crippen molar-refractivity contribution in [3.05, 3.63) is 40.9 Å². The van der Waals surface area contributed by atoms with Crippen molar-refractivity contribution in [3.63, 3.8) is 0 Å². The highest BCUT2D eigenvalue weighted by Crippen LogP contribution is 2.51. The Balaban J connectivity index is 2.35. The summed E-state index contributed by atoms with van der Waals surface area (Å²) in [6, 6.07) is 9.78. The molecule has 0 radical (unpaired) electrons. The third kappa shape index (κ3) is 2.19. The molecule has 0 unspecified atom stereocenters. The second kappa shape index (κ2) is 4.15. The molecule has 0 bridgehead atoms. The van der Waals surface area contributed by atoms with Crippen LogP contribution >= 0.6 is 18.7 Å². The number of allylic oxidation sites excluding steroid dienone is 2. The number of hydrogen-bond acceptors (Lipinski definition) is 1. The van der Waals surface area contributed by atoms with Gasteiger partial charge >= 0.3 is 0 Å². The van der Waals surface area contributed by atoms with Gasteiger partial charge in [-0.05, 0) is 13.3 Å². The lowest BCUT2D eigenvalue weighted by molar-refractivity contribution is 0.580. The minimum Gasteiger partial charge on any atom is -0.318 e. The first-order valence-electron chi connectivity index (χ1n) is 5.10. The summed E-state index contributed by atoms with van der Waals surface area (Å²) in [6.45, 7) is 1.98. The van der Waals surface area contributed by atoms with Gasteiger partial charge in [-0.3, -0.25) is 0 Å². The summed E-state index contributed by atoms with van der Waals surface area (Å²) in [5.74, 6) is 0.